The molecule has 3 fully saturated rings. The first-order valence-electron chi connectivity index (χ1n) is 9.01. The number of piperidine rings is 1. The lowest BCUT2D eigenvalue weighted by Crippen LogP contribution is -2.54. The van der Waals surface area contributed by atoms with Crippen LogP contribution in [0.3, 0.4) is 0 Å². The Hall–Kier alpha value is -0.600. The van der Waals surface area contributed by atoms with Crippen molar-refractivity contribution in [2.45, 2.75) is 75.9 Å². The summed E-state index contributed by atoms with van der Waals surface area (Å²) in [6, 6.07) is 2.29. The SMILES string of the molecule is C=C/C=C\C[C@H]1CCC[C@H]2[C@@H]1CC[C@@H]1CC[C@H](CCO)N12. The van der Waals surface area contributed by atoms with Gasteiger partial charge in [0.05, 0.1) is 0 Å². The molecule has 1 N–H and O–H groups in total. The molecule has 0 aromatic heterocycles. The number of rotatable bonds is 5. The Bertz CT molecular complexity index is 378. The average molecular weight is 289 g/mol. The van der Waals surface area contributed by atoms with Crippen molar-refractivity contribution in [1.82, 2.24) is 4.90 Å². The van der Waals surface area contributed by atoms with Gasteiger partial charge in [0, 0.05) is 24.7 Å². The normalized spacial score (nSPS) is 40.1. The minimum absolute atomic E-state index is 0.358. The monoisotopic (exact) mass is 289 g/mol. The summed E-state index contributed by atoms with van der Waals surface area (Å²) in [6.45, 7) is 4.14. The van der Waals surface area contributed by atoms with Crippen LogP contribution in [0.25, 0.3) is 0 Å². The molecule has 0 unspecified atom stereocenters. The van der Waals surface area contributed by atoms with Crippen LogP contribution < -0.4 is 0 Å². The third-order valence-electron chi connectivity index (χ3n) is 6.24. The number of nitrogens with zero attached hydrogens (tertiary/aromatic N) is 1. The second kappa shape index (κ2) is 7.11. The van der Waals surface area contributed by atoms with Crippen molar-refractivity contribution in [2.75, 3.05) is 6.61 Å². The highest BCUT2D eigenvalue weighted by molar-refractivity contribution is 5.04. The van der Waals surface area contributed by atoms with Crippen molar-refractivity contribution < 1.29 is 5.11 Å². The first-order valence-corrected chi connectivity index (χ1v) is 9.01. The molecule has 21 heavy (non-hydrogen) atoms. The first kappa shape index (κ1) is 15.3. The van der Waals surface area contributed by atoms with Crippen molar-refractivity contribution in [1.29, 1.82) is 0 Å². The van der Waals surface area contributed by atoms with Gasteiger partial charge in [0.2, 0.25) is 0 Å². The summed E-state index contributed by atoms with van der Waals surface area (Å²) in [7, 11) is 0. The molecule has 5 atom stereocenters. The number of aliphatic hydroxyl groups excluding tert-OH is 1. The van der Waals surface area contributed by atoms with Crippen LogP contribution in [-0.4, -0.2) is 34.7 Å². The lowest BCUT2D eigenvalue weighted by atomic mass is 9.69. The minimum atomic E-state index is 0.358. The van der Waals surface area contributed by atoms with E-state index in [-0.39, 0.29) is 0 Å². The molecule has 0 amide bonds. The molecule has 0 aromatic rings. The van der Waals surface area contributed by atoms with Gasteiger partial charge in [-0.1, -0.05) is 31.2 Å². The summed E-state index contributed by atoms with van der Waals surface area (Å²) >= 11 is 0. The Balaban J connectivity index is 1.70. The molecule has 2 heterocycles. The Morgan fingerprint density at radius 3 is 2.76 bits per heavy atom. The molecule has 2 aliphatic heterocycles. The minimum Gasteiger partial charge on any atom is -0.396 e. The fourth-order valence-corrected chi connectivity index (χ4v) is 5.42. The van der Waals surface area contributed by atoms with Crippen LogP contribution in [0.2, 0.25) is 0 Å². The maximum atomic E-state index is 9.36. The van der Waals surface area contributed by atoms with Crippen LogP contribution in [0, 0.1) is 11.8 Å². The zero-order chi connectivity index (χ0) is 14.7. The van der Waals surface area contributed by atoms with Gasteiger partial charge in [-0.15, -0.1) is 0 Å². The van der Waals surface area contributed by atoms with Gasteiger partial charge in [0.1, 0.15) is 0 Å². The van der Waals surface area contributed by atoms with Crippen LogP contribution in [0.1, 0.15) is 57.8 Å². The van der Waals surface area contributed by atoms with E-state index in [1.54, 1.807) is 0 Å². The number of fused-ring (bicyclic) bond motifs is 3. The molecule has 2 heteroatoms. The Labute approximate surface area is 129 Å². The third-order valence-corrected chi connectivity index (χ3v) is 6.24. The van der Waals surface area contributed by atoms with Crippen molar-refractivity contribution in [3.63, 3.8) is 0 Å². The van der Waals surface area contributed by atoms with Crippen molar-refractivity contribution in [3.05, 3.63) is 24.8 Å². The largest absolute Gasteiger partial charge is 0.396 e. The van der Waals surface area contributed by atoms with E-state index >= 15 is 0 Å². The van der Waals surface area contributed by atoms with E-state index in [0.29, 0.717) is 12.6 Å². The maximum absolute atomic E-state index is 9.36. The lowest BCUT2D eigenvalue weighted by Gasteiger charge is -2.51. The standard InChI is InChI=1S/C19H31NO/c1-2-3-4-6-15-7-5-8-19-18(15)12-11-16-9-10-17(13-14-21)20(16)19/h2-4,15-19,21H,1,5-14H2/b4-3-/t15-,16-,17+,18+,19-/m0/s1. The van der Waals surface area contributed by atoms with Gasteiger partial charge in [0.25, 0.3) is 0 Å². The number of allylic oxidation sites excluding steroid dienone is 3. The average Bonchev–Trinajstić information content (AvgIpc) is 2.92. The van der Waals surface area contributed by atoms with Gasteiger partial charge >= 0.3 is 0 Å². The van der Waals surface area contributed by atoms with Crippen molar-refractivity contribution >= 4 is 0 Å². The Kier molecular flexibility index (Phi) is 5.18. The van der Waals surface area contributed by atoms with Crippen LogP contribution in [0.5, 0.6) is 0 Å². The number of aliphatic hydroxyl groups is 1. The van der Waals surface area contributed by atoms with E-state index in [4.69, 9.17) is 0 Å². The summed E-state index contributed by atoms with van der Waals surface area (Å²) in [4.78, 5) is 2.85. The quantitative estimate of drug-likeness (QED) is 0.776. The predicted molar refractivity (Wildman–Crippen MR) is 88.2 cm³/mol. The first-order chi connectivity index (χ1) is 10.3. The molecule has 0 radical (unpaired) electrons. The van der Waals surface area contributed by atoms with Gasteiger partial charge in [-0.2, -0.15) is 0 Å². The number of hydrogen-bond acceptors (Lipinski definition) is 2. The van der Waals surface area contributed by atoms with E-state index in [1.807, 2.05) is 6.08 Å². The Morgan fingerprint density at radius 1 is 1.10 bits per heavy atom. The molecule has 1 aliphatic carbocycles. The molecular weight excluding hydrogens is 258 g/mol. The van der Waals surface area contributed by atoms with E-state index in [2.05, 4.69) is 23.6 Å². The summed E-state index contributed by atoms with van der Waals surface area (Å²) in [5.74, 6) is 1.76. The van der Waals surface area contributed by atoms with Gasteiger partial charge in [-0.05, 0) is 63.2 Å². The summed E-state index contributed by atoms with van der Waals surface area (Å²) in [6.07, 6.45) is 18.3. The van der Waals surface area contributed by atoms with Gasteiger partial charge < -0.3 is 5.11 Å². The topological polar surface area (TPSA) is 23.5 Å². The fraction of sp³-hybridized carbons (Fsp3) is 0.789. The third kappa shape index (κ3) is 3.12. The zero-order valence-corrected chi connectivity index (χ0v) is 13.3. The predicted octanol–water partition coefficient (Wildman–Crippen LogP) is 3.91. The zero-order valence-electron chi connectivity index (χ0n) is 13.3. The molecule has 2 nitrogen and oxygen atoms in total. The van der Waals surface area contributed by atoms with E-state index in [9.17, 15) is 5.11 Å². The van der Waals surface area contributed by atoms with Crippen LogP contribution in [-0.2, 0) is 0 Å². The highest BCUT2D eigenvalue weighted by Crippen LogP contribution is 2.47. The second-order valence-electron chi connectivity index (χ2n) is 7.24. The summed E-state index contributed by atoms with van der Waals surface area (Å²) < 4.78 is 0. The lowest BCUT2D eigenvalue weighted by molar-refractivity contribution is -0.0166. The van der Waals surface area contributed by atoms with E-state index < -0.39 is 0 Å². The smallest absolute Gasteiger partial charge is 0.0445 e. The second-order valence-corrected chi connectivity index (χ2v) is 7.24. The maximum Gasteiger partial charge on any atom is 0.0445 e. The molecule has 1 saturated carbocycles. The molecule has 3 rings (SSSR count). The van der Waals surface area contributed by atoms with Crippen LogP contribution >= 0.6 is 0 Å². The van der Waals surface area contributed by atoms with Gasteiger partial charge in [-0.25, -0.2) is 0 Å². The fourth-order valence-electron chi connectivity index (χ4n) is 5.42. The van der Waals surface area contributed by atoms with Gasteiger partial charge in [-0.3, -0.25) is 4.90 Å². The van der Waals surface area contributed by atoms with Crippen molar-refractivity contribution in [3.8, 4) is 0 Å². The summed E-state index contributed by atoms with van der Waals surface area (Å²) in [5.41, 5.74) is 0. The van der Waals surface area contributed by atoms with Crippen LogP contribution in [0.15, 0.2) is 24.8 Å². The van der Waals surface area contributed by atoms with E-state index in [1.165, 1.54) is 51.4 Å². The van der Waals surface area contributed by atoms with Crippen LogP contribution in [0.4, 0.5) is 0 Å². The highest BCUT2D eigenvalue weighted by Gasteiger charge is 2.46. The molecule has 2 saturated heterocycles. The molecule has 118 valence electrons. The molecule has 0 bridgehead atoms. The molecule has 0 aromatic carbocycles. The molecule has 0 spiro atoms. The summed E-state index contributed by atoms with van der Waals surface area (Å²) in [5, 5.41) is 9.36. The van der Waals surface area contributed by atoms with Crippen molar-refractivity contribution in [2.24, 2.45) is 11.8 Å². The highest BCUT2D eigenvalue weighted by atomic mass is 16.3. The van der Waals surface area contributed by atoms with Gasteiger partial charge in [0.15, 0.2) is 0 Å². The molecular formula is C19H31NO. The Morgan fingerprint density at radius 2 is 1.95 bits per heavy atom. The number of hydrogen-bond donors (Lipinski definition) is 1. The molecule has 3 aliphatic rings. The van der Waals surface area contributed by atoms with E-state index in [0.717, 1.165) is 30.3 Å².